The Hall–Kier alpha value is -0.470. The van der Waals surface area contributed by atoms with Crippen molar-refractivity contribution in [1.29, 1.82) is 0 Å². The topological polar surface area (TPSA) is 22.1 Å². The second kappa shape index (κ2) is 6.12. The Labute approximate surface area is 119 Å². The number of hydrogen-bond acceptors (Lipinski definition) is 2. The first-order chi connectivity index (χ1) is 8.58. The third kappa shape index (κ3) is 3.52. The van der Waals surface area contributed by atoms with Crippen LogP contribution in [0.3, 0.4) is 0 Å². The van der Waals surface area contributed by atoms with E-state index in [4.69, 9.17) is 27.9 Å². The monoisotopic (exact) mass is 287 g/mol. The summed E-state index contributed by atoms with van der Waals surface area (Å²) in [6.07, 6.45) is 5.41. The molecule has 0 saturated heterocycles. The van der Waals surface area contributed by atoms with Gasteiger partial charge in [-0.3, -0.25) is 0 Å². The minimum atomic E-state index is 0.232. The molecule has 2 rings (SSSR count). The summed E-state index contributed by atoms with van der Waals surface area (Å²) in [5.41, 5.74) is 0.916. The van der Waals surface area contributed by atoms with Gasteiger partial charge in [-0.25, -0.2) is 4.98 Å². The van der Waals surface area contributed by atoms with Crippen LogP contribution in [0.5, 0.6) is 5.88 Å². The number of hydrogen-bond donors (Lipinski definition) is 0. The molecule has 1 aliphatic rings. The molecule has 1 heterocycles. The van der Waals surface area contributed by atoms with Gasteiger partial charge in [-0.2, -0.15) is 0 Å². The molecular formula is C14H19Cl2NO. The van der Waals surface area contributed by atoms with Crippen LogP contribution in [0.25, 0.3) is 0 Å². The quantitative estimate of drug-likeness (QED) is 0.753. The number of halogens is 2. The van der Waals surface area contributed by atoms with Crippen molar-refractivity contribution in [2.24, 2.45) is 11.8 Å². The van der Waals surface area contributed by atoms with Crippen molar-refractivity contribution in [3.8, 4) is 5.88 Å². The van der Waals surface area contributed by atoms with Gasteiger partial charge in [0.15, 0.2) is 0 Å². The van der Waals surface area contributed by atoms with E-state index in [1.165, 1.54) is 6.42 Å². The summed E-state index contributed by atoms with van der Waals surface area (Å²) in [6, 6.07) is 1.83. The van der Waals surface area contributed by atoms with E-state index in [1.807, 2.05) is 6.07 Å². The van der Waals surface area contributed by atoms with Crippen molar-refractivity contribution in [3.05, 3.63) is 22.8 Å². The first-order valence-corrected chi connectivity index (χ1v) is 7.36. The molecule has 0 spiro atoms. The van der Waals surface area contributed by atoms with Crippen molar-refractivity contribution in [2.75, 3.05) is 0 Å². The van der Waals surface area contributed by atoms with Crippen LogP contribution in [-0.2, 0) is 5.88 Å². The lowest BCUT2D eigenvalue weighted by Gasteiger charge is -2.31. The Morgan fingerprint density at radius 1 is 1.28 bits per heavy atom. The molecule has 0 aromatic carbocycles. The van der Waals surface area contributed by atoms with Crippen LogP contribution in [0.4, 0.5) is 0 Å². The van der Waals surface area contributed by atoms with Gasteiger partial charge in [-0.15, -0.1) is 11.6 Å². The Kier molecular flexibility index (Phi) is 4.74. The molecule has 2 atom stereocenters. The predicted molar refractivity (Wildman–Crippen MR) is 75.4 cm³/mol. The van der Waals surface area contributed by atoms with Crippen LogP contribution < -0.4 is 4.74 Å². The molecule has 1 aromatic rings. The number of aromatic nitrogens is 1. The maximum absolute atomic E-state index is 6.15. The molecule has 2 nitrogen and oxygen atoms in total. The van der Waals surface area contributed by atoms with Crippen LogP contribution in [0, 0.1) is 11.8 Å². The maximum Gasteiger partial charge on any atom is 0.232 e. The molecule has 4 heteroatoms. The third-order valence-electron chi connectivity index (χ3n) is 3.43. The highest BCUT2D eigenvalue weighted by atomic mass is 35.5. The van der Waals surface area contributed by atoms with E-state index in [0.717, 1.165) is 18.4 Å². The fraction of sp³-hybridized carbons (Fsp3) is 0.643. The van der Waals surface area contributed by atoms with E-state index in [2.05, 4.69) is 18.8 Å². The fourth-order valence-electron chi connectivity index (χ4n) is 2.75. The van der Waals surface area contributed by atoms with Crippen LogP contribution in [0.2, 0.25) is 5.02 Å². The van der Waals surface area contributed by atoms with E-state index < -0.39 is 0 Å². The van der Waals surface area contributed by atoms with Gasteiger partial charge in [0.25, 0.3) is 0 Å². The Balaban J connectivity index is 2.04. The van der Waals surface area contributed by atoms with Gasteiger partial charge < -0.3 is 4.74 Å². The van der Waals surface area contributed by atoms with Gasteiger partial charge in [-0.05, 0) is 42.7 Å². The summed E-state index contributed by atoms with van der Waals surface area (Å²) < 4.78 is 5.94. The molecule has 1 fully saturated rings. The smallest absolute Gasteiger partial charge is 0.232 e. The van der Waals surface area contributed by atoms with Gasteiger partial charge in [0.2, 0.25) is 5.88 Å². The van der Waals surface area contributed by atoms with Crippen molar-refractivity contribution >= 4 is 23.2 Å². The maximum atomic E-state index is 6.15. The molecule has 100 valence electrons. The van der Waals surface area contributed by atoms with Crippen LogP contribution in [0.1, 0.15) is 38.7 Å². The first-order valence-electron chi connectivity index (χ1n) is 6.45. The van der Waals surface area contributed by atoms with Gasteiger partial charge in [0, 0.05) is 12.1 Å². The molecule has 0 radical (unpaired) electrons. The van der Waals surface area contributed by atoms with Gasteiger partial charge in [0.05, 0.1) is 0 Å². The molecule has 1 saturated carbocycles. The minimum Gasteiger partial charge on any atom is -0.473 e. The normalized spacial score (nSPS) is 28.1. The van der Waals surface area contributed by atoms with E-state index in [0.29, 0.717) is 28.6 Å². The second-order valence-corrected chi connectivity index (χ2v) is 6.10. The van der Waals surface area contributed by atoms with Crippen molar-refractivity contribution < 1.29 is 4.74 Å². The number of pyridine rings is 1. The average molecular weight is 288 g/mol. The predicted octanol–water partition coefficient (Wildman–Crippen LogP) is 4.68. The van der Waals surface area contributed by atoms with Crippen molar-refractivity contribution in [2.45, 2.75) is 45.1 Å². The summed E-state index contributed by atoms with van der Waals surface area (Å²) in [5, 5.41) is 0.555. The molecular weight excluding hydrogens is 269 g/mol. The summed E-state index contributed by atoms with van der Waals surface area (Å²) >= 11 is 11.9. The fourth-order valence-corrected chi connectivity index (χ4v) is 3.13. The molecule has 0 amide bonds. The molecule has 18 heavy (non-hydrogen) atoms. The molecule has 1 aliphatic carbocycles. The highest BCUT2D eigenvalue weighted by Gasteiger charge is 2.26. The molecule has 0 N–H and O–H groups in total. The lowest BCUT2D eigenvalue weighted by atomic mass is 9.82. The van der Waals surface area contributed by atoms with E-state index in [1.54, 1.807) is 6.20 Å². The summed E-state index contributed by atoms with van der Waals surface area (Å²) in [5.74, 6) is 2.38. The highest BCUT2D eigenvalue weighted by molar-refractivity contribution is 6.32. The lowest BCUT2D eigenvalue weighted by molar-refractivity contribution is 0.0968. The zero-order chi connectivity index (χ0) is 13.1. The average Bonchev–Trinajstić information content (AvgIpc) is 2.30. The lowest BCUT2D eigenvalue weighted by Crippen LogP contribution is -2.28. The first kappa shape index (κ1) is 14.0. The van der Waals surface area contributed by atoms with Crippen molar-refractivity contribution in [1.82, 2.24) is 4.98 Å². The largest absolute Gasteiger partial charge is 0.473 e. The molecule has 2 unspecified atom stereocenters. The van der Waals surface area contributed by atoms with Crippen LogP contribution in [-0.4, -0.2) is 11.1 Å². The Bertz CT molecular complexity index is 401. The SMILES string of the molecule is CC1CC(C)CC(Oc2ncc(CCl)cc2Cl)C1. The Morgan fingerprint density at radius 2 is 1.94 bits per heavy atom. The zero-order valence-electron chi connectivity index (χ0n) is 10.8. The summed E-state index contributed by atoms with van der Waals surface area (Å²) in [7, 11) is 0. The van der Waals surface area contributed by atoms with Crippen LogP contribution >= 0.6 is 23.2 Å². The third-order valence-corrected chi connectivity index (χ3v) is 4.01. The minimum absolute atomic E-state index is 0.232. The van der Waals surface area contributed by atoms with Crippen molar-refractivity contribution in [3.63, 3.8) is 0 Å². The molecule has 0 aliphatic heterocycles. The van der Waals surface area contributed by atoms with E-state index in [9.17, 15) is 0 Å². The number of rotatable bonds is 3. The van der Waals surface area contributed by atoms with Gasteiger partial charge in [-0.1, -0.05) is 25.4 Å². The second-order valence-electron chi connectivity index (χ2n) is 5.42. The van der Waals surface area contributed by atoms with Gasteiger partial charge in [0.1, 0.15) is 11.1 Å². The highest BCUT2D eigenvalue weighted by Crippen LogP contribution is 2.33. The molecule has 1 aromatic heterocycles. The Morgan fingerprint density at radius 3 is 2.50 bits per heavy atom. The zero-order valence-corrected chi connectivity index (χ0v) is 12.3. The summed E-state index contributed by atoms with van der Waals surface area (Å²) in [4.78, 5) is 4.25. The number of nitrogens with zero attached hydrogens (tertiary/aromatic N) is 1. The van der Waals surface area contributed by atoms with Crippen LogP contribution in [0.15, 0.2) is 12.3 Å². The van der Waals surface area contributed by atoms with E-state index in [-0.39, 0.29) is 6.10 Å². The number of ether oxygens (including phenoxy) is 1. The summed E-state index contributed by atoms with van der Waals surface area (Å²) in [6.45, 7) is 4.55. The van der Waals surface area contributed by atoms with Gasteiger partial charge >= 0.3 is 0 Å². The van der Waals surface area contributed by atoms with E-state index >= 15 is 0 Å². The standard InChI is InChI=1S/C14H19Cl2NO/c1-9-3-10(2)5-12(4-9)18-14-13(16)6-11(7-15)8-17-14/h6,8-10,12H,3-5,7H2,1-2H3. The number of alkyl halides is 1. The molecule has 0 bridgehead atoms.